The molecule has 0 saturated heterocycles. The van der Waals surface area contributed by atoms with E-state index < -0.39 is 0 Å². The van der Waals surface area contributed by atoms with Crippen LogP contribution in [0.15, 0.2) is 48.8 Å². The second kappa shape index (κ2) is 4.63. The summed E-state index contributed by atoms with van der Waals surface area (Å²) in [5.41, 5.74) is 3.83. The molecule has 0 aliphatic heterocycles. The molecule has 2 heterocycles. The maximum Gasteiger partial charge on any atom is 0.157 e. The van der Waals surface area contributed by atoms with E-state index in [9.17, 15) is 0 Å². The zero-order valence-electron chi connectivity index (χ0n) is 11.2. The molecular formula is C16H16N4. The number of anilines is 1. The van der Waals surface area contributed by atoms with Gasteiger partial charge in [-0.1, -0.05) is 24.3 Å². The van der Waals surface area contributed by atoms with Crippen LogP contribution in [0.2, 0.25) is 0 Å². The Morgan fingerprint density at radius 2 is 2.00 bits per heavy atom. The van der Waals surface area contributed by atoms with Gasteiger partial charge < -0.3 is 5.32 Å². The Morgan fingerprint density at radius 1 is 1.10 bits per heavy atom. The van der Waals surface area contributed by atoms with Crippen LogP contribution in [-0.4, -0.2) is 20.6 Å². The Morgan fingerprint density at radius 3 is 2.95 bits per heavy atom. The van der Waals surface area contributed by atoms with Gasteiger partial charge >= 0.3 is 0 Å². The van der Waals surface area contributed by atoms with Gasteiger partial charge in [0.1, 0.15) is 5.82 Å². The van der Waals surface area contributed by atoms with Gasteiger partial charge in [-0.25, -0.2) is 9.50 Å². The van der Waals surface area contributed by atoms with Crippen molar-refractivity contribution in [3.63, 3.8) is 0 Å². The van der Waals surface area contributed by atoms with Crippen molar-refractivity contribution in [2.75, 3.05) is 5.32 Å². The number of aromatic nitrogens is 3. The van der Waals surface area contributed by atoms with E-state index in [0.29, 0.717) is 6.04 Å². The lowest BCUT2D eigenvalue weighted by Crippen LogP contribution is -2.27. The quantitative estimate of drug-likeness (QED) is 0.774. The van der Waals surface area contributed by atoms with Crippen molar-refractivity contribution >= 4 is 11.5 Å². The first-order chi connectivity index (χ1) is 9.88. The van der Waals surface area contributed by atoms with Crippen molar-refractivity contribution in [1.29, 1.82) is 0 Å². The molecule has 100 valence electrons. The van der Waals surface area contributed by atoms with Crippen LogP contribution in [0.25, 0.3) is 5.65 Å². The second-order valence-electron chi connectivity index (χ2n) is 5.30. The molecule has 2 aromatic heterocycles. The van der Waals surface area contributed by atoms with E-state index in [1.807, 2.05) is 18.3 Å². The van der Waals surface area contributed by atoms with Gasteiger partial charge in [-0.3, -0.25) is 0 Å². The number of nitrogens with one attached hydrogen (secondary N) is 1. The molecule has 0 amide bonds. The summed E-state index contributed by atoms with van der Waals surface area (Å²) in [5.74, 6) is 0.933. The van der Waals surface area contributed by atoms with Crippen LogP contribution >= 0.6 is 0 Å². The zero-order valence-corrected chi connectivity index (χ0v) is 11.2. The largest absolute Gasteiger partial charge is 0.367 e. The maximum absolute atomic E-state index is 4.57. The summed E-state index contributed by atoms with van der Waals surface area (Å²) >= 11 is 0. The number of hydrogen-bond donors (Lipinski definition) is 1. The predicted octanol–water partition coefficient (Wildman–Crippen LogP) is 2.70. The summed E-state index contributed by atoms with van der Waals surface area (Å²) in [4.78, 5) is 4.57. The lowest BCUT2D eigenvalue weighted by molar-refractivity contribution is 0.609. The summed E-state index contributed by atoms with van der Waals surface area (Å²) in [6.45, 7) is 0. The summed E-state index contributed by atoms with van der Waals surface area (Å²) in [6, 6.07) is 13.1. The van der Waals surface area contributed by atoms with Crippen LogP contribution in [-0.2, 0) is 12.8 Å². The van der Waals surface area contributed by atoms with Gasteiger partial charge in [-0.05, 0) is 36.5 Å². The van der Waals surface area contributed by atoms with Crippen molar-refractivity contribution < 1.29 is 0 Å². The van der Waals surface area contributed by atoms with Crippen LogP contribution in [0.3, 0.4) is 0 Å². The zero-order chi connectivity index (χ0) is 13.4. The lowest BCUT2D eigenvalue weighted by atomic mass is 9.88. The van der Waals surface area contributed by atoms with Crippen molar-refractivity contribution in [2.24, 2.45) is 0 Å². The molecular weight excluding hydrogens is 248 g/mol. The molecule has 4 rings (SSSR count). The van der Waals surface area contributed by atoms with Gasteiger partial charge in [0.2, 0.25) is 0 Å². The molecule has 1 unspecified atom stereocenters. The van der Waals surface area contributed by atoms with Crippen molar-refractivity contribution in [3.05, 3.63) is 59.9 Å². The minimum Gasteiger partial charge on any atom is -0.367 e. The molecule has 0 bridgehead atoms. The van der Waals surface area contributed by atoms with E-state index in [1.165, 1.54) is 11.1 Å². The van der Waals surface area contributed by atoms with Crippen LogP contribution in [0.5, 0.6) is 0 Å². The van der Waals surface area contributed by atoms with E-state index in [1.54, 1.807) is 10.7 Å². The first-order valence-corrected chi connectivity index (χ1v) is 7.02. The number of nitrogens with zero attached hydrogens (tertiary/aromatic N) is 3. The van der Waals surface area contributed by atoms with E-state index in [0.717, 1.165) is 30.7 Å². The fourth-order valence-electron chi connectivity index (χ4n) is 2.92. The molecule has 0 saturated carbocycles. The lowest BCUT2D eigenvalue weighted by Gasteiger charge is -2.25. The number of hydrogen-bond acceptors (Lipinski definition) is 3. The Bertz CT molecular complexity index is 747. The highest BCUT2D eigenvalue weighted by atomic mass is 15.2. The molecule has 1 N–H and O–H groups in total. The molecule has 0 fully saturated rings. The van der Waals surface area contributed by atoms with Gasteiger partial charge in [0.25, 0.3) is 0 Å². The molecule has 1 atom stereocenters. The molecule has 1 aliphatic rings. The SMILES string of the molecule is c1ccc2c(c1)CCC(Nc1ccn3nccc3n1)C2. The summed E-state index contributed by atoms with van der Waals surface area (Å²) in [7, 11) is 0. The number of benzene rings is 1. The smallest absolute Gasteiger partial charge is 0.157 e. The standard InChI is InChI=1S/C16H16N4/c1-2-4-13-11-14(6-5-12(13)3-1)18-15-8-10-20-16(19-15)7-9-17-20/h1-4,7-10,14H,5-6,11H2,(H,18,19). The van der Waals surface area contributed by atoms with Crippen molar-refractivity contribution in [2.45, 2.75) is 25.3 Å². The molecule has 1 aromatic carbocycles. The van der Waals surface area contributed by atoms with Crippen LogP contribution in [0.1, 0.15) is 17.5 Å². The molecule has 0 radical (unpaired) electrons. The molecule has 0 spiro atoms. The molecule has 1 aliphatic carbocycles. The molecule has 4 heteroatoms. The maximum atomic E-state index is 4.57. The highest BCUT2D eigenvalue weighted by molar-refractivity contribution is 5.46. The fraction of sp³-hybridized carbons (Fsp3) is 0.250. The summed E-state index contributed by atoms with van der Waals surface area (Å²) < 4.78 is 1.78. The molecule has 3 aromatic rings. The first-order valence-electron chi connectivity index (χ1n) is 7.02. The average Bonchev–Trinajstić information content (AvgIpc) is 2.95. The summed E-state index contributed by atoms with van der Waals surface area (Å²) in [5, 5.41) is 7.71. The van der Waals surface area contributed by atoms with Gasteiger partial charge in [-0.2, -0.15) is 5.10 Å². The Kier molecular flexibility index (Phi) is 2.66. The minimum atomic E-state index is 0.461. The van der Waals surface area contributed by atoms with Gasteiger partial charge in [0, 0.05) is 18.3 Å². The highest BCUT2D eigenvalue weighted by Crippen LogP contribution is 2.23. The molecule has 4 nitrogen and oxygen atoms in total. The van der Waals surface area contributed by atoms with Gasteiger partial charge in [-0.15, -0.1) is 0 Å². The van der Waals surface area contributed by atoms with Crippen molar-refractivity contribution in [3.8, 4) is 0 Å². The van der Waals surface area contributed by atoms with Crippen LogP contribution in [0, 0.1) is 0 Å². The van der Waals surface area contributed by atoms with Crippen LogP contribution in [0.4, 0.5) is 5.82 Å². The van der Waals surface area contributed by atoms with E-state index in [4.69, 9.17) is 0 Å². The second-order valence-corrected chi connectivity index (χ2v) is 5.30. The highest BCUT2D eigenvalue weighted by Gasteiger charge is 2.18. The van der Waals surface area contributed by atoms with Gasteiger partial charge in [0.05, 0.1) is 6.20 Å². The third kappa shape index (κ3) is 2.03. The third-order valence-corrected chi connectivity index (χ3v) is 3.96. The monoisotopic (exact) mass is 264 g/mol. The molecule has 20 heavy (non-hydrogen) atoms. The fourth-order valence-corrected chi connectivity index (χ4v) is 2.92. The number of rotatable bonds is 2. The summed E-state index contributed by atoms with van der Waals surface area (Å²) in [6.07, 6.45) is 7.08. The third-order valence-electron chi connectivity index (χ3n) is 3.96. The predicted molar refractivity (Wildman–Crippen MR) is 78.9 cm³/mol. The number of fused-ring (bicyclic) bond motifs is 2. The van der Waals surface area contributed by atoms with Crippen molar-refractivity contribution in [1.82, 2.24) is 14.6 Å². The van der Waals surface area contributed by atoms with E-state index in [2.05, 4.69) is 39.7 Å². The van der Waals surface area contributed by atoms with E-state index >= 15 is 0 Å². The first kappa shape index (κ1) is 11.5. The van der Waals surface area contributed by atoms with Gasteiger partial charge in [0.15, 0.2) is 5.65 Å². The Hall–Kier alpha value is -2.36. The Labute approximate surface area is 117 Å². The van der Waals surface area contributed by atoms with Crippen LogP contribution < -0.4 is 5.32 Å². The normalized spacial score (nSPS) is 17.9. The minimum absolute atomic E-state index is 0.461. The Balaban J connectivity index is 1.55. The topological polar surface area (TPSA) is 42.2 Å². The number of aryl methyl sites for hydroxylation is 1. The average molecular weight is 264 g/mol. The van der Waals surface area contributed by atoms with E-state index in [-0.39, 0.29) is 0 Å².